The summed E-state index contributed by atoms with van der Waals surface area (Å²) in [6.45, 7) is 4.09. The van der Waals surface area contributed by atoms with Gasteiger partial charge in [0, 0.05) is 26.2 Å². The molecule has 0 N–H and O–H groups in total. The van der Waals surface area contributed by atoms with Crippen LogP contribution in [0.15, 0.2) is 33.7 Å². The van der Waals surface area contributed by atoms with E-state index >= 15 is 0 Å². The molecule has 140 valence electrons. The first-order valence-corrected chi connectivity index (χ1v) is 9.73. The van der Waals surface area contributed by atoms with Crippen LogP contribution >= 0.6 is 0 Å². The lowest BCUT2D eigenvalue weighted by Crippen LogP contribution is -2.37. The molecule has 1 aromatic heterocycles. The Morgan fingerprint density at radius 1 is 1.15 bits per heavy atom. The molecule has 7 nitrogen and oxygen atoms in total. The van der Waals surface area contributed by atoms with Crippen molar-refractivity contribution in [2.45, 2.75) is 25.2 Å². The Bertz CT molecular complexity index is 906. The van der Waals surface area contributed by atoms with E-state index < -0.39 is 21.7 Å². The summed E-state index contributed by atoms with van der Waals surface area (Å²) in [5.74, 6) is -0.771. The third-order valence-corrected chi connectivity index (χ3v) is 6.56. The molecule has 1 fully saturated rings. The highest BCUT2D eigenvalue weighted by Crippen LogP contribution is 2.24. The number of hydrogen-bond donors (Lipinski definition) is 0. The number of sulfonamides is 1. The third kappa shape index (κ3) is 3.36. The number of halogens is 1. The van der Waals surface area contributed by atoms with Crippen LogP contribution in [0.4, 0.5) is 4.39 Å². The number of nitrogens with zero attached hydrogens (tertiary/aromatic N) is 3. The summed E-state index contributed by atoms with van der Waals surface area (Å²) < 4.78 is 46.0. The van der Waals surface area contributed by atoms with Crippen LogP contribution in [0.2, 0.25) is 0 Å². The number of rotatable bonds is 3. The summed E-state index contributed by atoms with van der Waals surface area (Å²) in [5, 5.41) is 3.71. The monoisotopic (exact) mass is 381 g/mol. The fourth-order valence-electron chi connectivity index (χ4n) is 3.11. The minimum atomic E-state index is -3.76. The molecule has 0 unspecified atom stereocenters. The highest BCUT2D eigenvalue weighted by atomic mass is 32.2. The van der Waals surface area contributed by atoms with Gasteiger partial charge in [-0.3, -0.25) is 4.79 Å². The van der Waals surface area contributed by atoms with Crippen LogP contribution in [0.3, 0.4) is 0 Å². The SMILES string of the molecule is Cc1noc(C)c1S(=O)(=O)N1CCCN(C(=O)c2ccccc2F)CC1. The average Bonchev–Trinajstić information content (AvgIpc) is 2.81. The Labute approximate surface area is 151 Å². The topological polar surface area (TPSA) is 83.7 Å². The predicted molar refractivity (Wildman–Crippen MR) is 91.7 cm³/mol. The minimum Gasteiger partial charge on any atom is -0.360 e. The Hall–Kier alpha value is -2.26. The van der Waals surface area contributed by atoms with Gasteiger partial charge < -0.3 is 9.42 Å². The quantitative estimate of drug-likeness (QED) is 0.812. The van der Waals surface area contributed by atoms with Crippen molar-refractivity contribution >= 4 is 15.9 Å². The number of carbonyl (C=O) groups excluding carboxylic acids is 1. The van der Waals surface area contributed by atoms with E-state index in [1.54, 1.807) is 19.9 Å². The molecule has 0 spiro atoms. The second kappa shape index (κ2) is 7.16. The average molecular weight is 381 g/mol. The summed E-state index contributed by atoms with van der Waals surface area (Å²) in [5.41, 5.74) is 0.306. The molecule has 3 rings (SSSR count). The Balaban J connectivity index is 1.79. The van der Waals surface area contributed by atoms with Gasteiger partial charge in [0.25, 0.3) is 5.91 Å². The highest BCUT2D eigenvalue weighted by molar-refractivity contribution is 7.89. The van der Waals surface area contributed by atoms with Crippen molar-refractivity contribution in [3.63, 3.8) is 0 Å². The maximum atomic E-state index is 13.9. The molecular formula is C17H20FN3O4S. The van der Waals surface area contributed by atoms with Gasteiger partial charge in [-0.1, -0.05) is 17.3 Å². The second-order valence-electron chi connectivity index (χ2n) is 6.18. The number of hydrogen-bond acceptors (Lipinski definition) is 5. The van der Waals surface area contributed by atoms with E-state index in [9.17, 15) is 17.6 Å². The summed E-state index contributed by atoms with van der Waals surface area (Å²) in [7, 11) is -3.76. The summed E-state index contributed by atoms with van der Waals surface area (Å²) in [4.78, 5) is 14.1. The van der Waals surface area contributed by atoms with Crippen molar-refractivity contribution in [3.8, 4) is 0 Å². The zero-order chi connectivity index (χ0) is 18.9. The molecule has 2 aromatic rings. The summed E-state index contributed by atoms with van der Waals surface area (Å²) in [6, 6.07) is 5.79. The molecule has 2 heterocycles. The van der Waals surface area contributed by atoms with Gasteiger partial charge in [-0.25, -0.2) is 12.8 Å². The standard InChI is InChI=1S/C17H20FN3O4S/c1-12-16(13(2)25-19-12)26(23,24)21-9-5-8-20(10-11-21)17(22)14-6-3-4-7-15(14)18/h3-4,6-7H,5,8-11H2,1-2H3. The Morgan fingerprint density at radius 2 is 1.88 bits per heavy atom. The minimum absolute atomic E-state index is 0.00506. The Kier molecular flexibility index (Phi) is 5.10. The van der Waals surface area contributed by atoms with E-state index in [-0.39, 0.29) is 35.9 Å². The molecule has 1 aromatic carbocycles. The van der Waals surface area contributed by atoms with E-state index in [0.29, 0.717) is 18.7 Å². The third-order valence-electron chi connectivity index (χ3n) is 4.41. The van der Waals surface area contributed by atoms with Crippen LogP contribution < -0.4 is 0 Å². The molecule has 1 aliphatic heterocycles. The zero-order valence-electron chi connectivity index (χ0n) is 14.6. The fourth-order valence-corrected chi connectivity index (χ4v) is 4.87. The molecule has 0 aliphatic carbocycles. The van der Waals surface area contributed by atoms with Gasteiger partial charge in [-0.15, -0.1) is 0 Å². The first-order chi connectivity index (χ1) is 12.3. The van der Waals surface area contributed by atoms with Gasteiger partial charge in [0.05, 0.1) is 5.56 Å². The maximum absolute atomic E-state index is 13.9. The number of amides is 1. The highest BCUT2D eigenvalue weighted by Gasteiger charge is 2.33. The van der Waals surface area contributed by atoms with Crippen LogP contribution in [0.5, 0.6) is 0 Å². The number of aryl methyl sites for hydroxylation is 2. The molecule has 1 aliphatic rings. The molecule has 0 atom stereocenters. The normalized spacial score (nSPS) is 16.5. The van der Waals surface area contributed by atoms with E-state index in [1.165, 1.54) is 27.4 Å². The van der Waals surface area contributed by atoms with E-state index in [0.717, 1.165) is 0 Å². The van der Waals surface area contributed by atoms with E-state index in [1.807, 2.05) is 0 Å². The van der Waals surface area contributed by atoms with E-state index in [2.05, 4.69) is 5.16 Å². The predicted octanol–water partition coefficient (Wildman–Crippen LogP) is 1.97. The lowest BCUT2D eigenvalue weighted by molar-refractivity contribution is 0.0759. The largest absolute Gasteiger partial charge is 0.360 e. The lowest BCUT2D eigenvalue weighted by atomic mass is 10.2. The van der Waals surface area contributed by atoms with Gasteiger partial charge in [-0.05, 0) is 32.4 Å². The van der Waals surface area contributed by atoms with Crippen LogP contribution in [-0.2, 0) is 10.0 Å². The lowest BCUT2D eigenvalue weighted by Gasteiger charge is -2.22. The Morgan fingerprint density at radius 3 is 2.54 bits per heavy atom. The molecule has 0 radical (unpaired) electrons. The number of aromatic nitrogens is 1. The van der Waals surface area contributed by atoms with Gasteiger partial charge in [0.2, 0.25) is 10.0 Å². The first kappa shape index (κ1) is 18.5. The molecule has 1 amide bonds. The molecule has 0 saturated carbocycles. The van der Waals surface area contributed by atoms with Crippen molar-refractivity contribution in [2.24, 2.45) is 0 Å². The van der Waals surface area contributed by atoms with Crippen molar-refractivity contribution in [1.29, 1.82) is 0 Å². The maximum Gasteiger partial charge on any atom is 0.256 e. The smallest absolute Gasteiger partial charge is 0.256 e. The van der Waals surface area contributed by atoms with E-state index in [4.69, 9.17) is 4.52 Å². The number of benzene rings is 1. The molecule has 1 saturated heterocycles. The fraction of sp³-hybridized carbons (Fsp3) is 0.412. The van der Waals surface area contributed by atoms with Crippen LogP contribution in [0, 0.1) is 19.7 Å². The number of carbonyl (C=O) groups is 1. The molecule has 0 bridgehead atoms. The van der Waals surface area contributed by atoms with Crippen LogP contribution in [0.25, 0.3) is 0 Å². The van der Waals surface area contributed by atoms with Gasteiger partial charge >= 0.3 is 0 Å². The summed E-state index contributed by atoms with van der Waals surface area (Å²) in [6.07, 6.45) is 0.461. The van der Waals surface area contributed by atoms with Crippen LogP contribution in [0.1, 0.15) is 28.2 Å². The molecule has 26 heavy (non-hydrogen) atoms. The second-order valence-corrected chi connectivity index (χ2v) is 8.06. The van der Waals surface area contributed by atoms with Crippen molar-refractivity contribution in [3.05, 3.63) is 47.1 Å². The van der Waals surface area contributed by atoms with Crippen molar-refractivity contribution in [1.82, 2.24) is 14.4 Å². The van der Waals surface area contributed by atoms with Crippen LogP contribution in [-0.4, -0.2) is 54.9 Å². The first-order valence-electron chi connectivity index (χ1n) is 8.29. The molecular weight excluding hydrogens is 361 g/mol. The van der Waals surface area contributed by atoms with Crippen molar-refractivity contribution < 1.29 is 22.1 Å². The molecule has 9 heteroatoms. The van der Waals surface area contributed by atoms with Gasteiger partial charge in [0.1, 0.15) is 16.4 Å². The van der Waals surface area contributed by atoms with Gasteiger partial charge in [0.15, 0.2) is 5.76 Å². The van der Waals surface area contributed by atoms with Gasteiger partial charge in [-0.2, -0.15) is 4.31 Å². The summed E-state index contributed by atoms with van der Waals surface area (Å²) >= 11 is 0. The zero-order valence-corrected chi connectivity index (χ0v) is 15.4. The van der Waals surface area contributed by atoms with Crippen molar-refractivity contribution in [2.75, 3.05) is 26.2 Å².